The third-order valence-electron chi connectivity index (χ3n) is 6.61. The third kappa shape index (κ3) is 4.15. The summed E-state index contributed by atoms with van der Waals surface area (Å²) in [6.07, 6.45) is 5.72. The van der Waals surface area contributed by atoms with E-state index in [4.69, 9.17) is 10.1 Å². The molecule has 4 aromatic rings. The molecular formula is C29H24BrN3S. The molecule has 2 atom stereocenters. The van der Waals surface area contributed by atoms with Crippen molar-refractivity contribution in [3.05, 3.63) is 111 Å². The van der Waals surface area contributed by atoms with Gasteiger partial charge >= 0.3 is 0 Å². The number of anilines is 1. The number of hydrazone groups is 1. The second kappa shape index (κ2) is 9.32. The van der Waals surface area contributed by atoms with E-state index < -0.39 is 0 Å². The molecule has 0 unspecified atom stereocenters. The lowest BCUT2D eigenvalue weighted by Gasteiger charge is -2.29. The molecule has 1 fully saturated rings. The van der Waals surface area contributed by atoms with Crippen LogP contribution in [0, 0.1) is 5.92 Å². The van der Waals surface area contributed by atoms with Crippen LogP contribution in [0.15, 0.2) is 105 Å². The fourth-order valence-electron chi connectivity index (χ4n) is 5.01. The first-order chi connectivity index (χ1) is 16.8. The molecule has 0 saturated heterocycles. The standard InChI is InChI=1S/C29H24BrN3S/c30-24-16-14-21(15-17-24)26-19-34-29(31-26)33-28(22-10-5-2-6-11-22)25-13-7-12-23(27(25)32-33)18-20-8-3-1-4-9-20/h1-6,8-11,14-19,25,28H,7,12-13H2/b23-18+/t25-,28-/m0/s1. The molecule has 2 heterocycles. The van der Waals surface area contributed by atoms with Gasteiger partial charge in [-0.05, 0) is 54.2 Å². The molecular weight excluding hydrogens is 502 g/mol. The predicted molar refractivity (Wildman–Crippen MR) is 146 cm³/mol. The summed E-state index contributed by atoms with van der Waals surface area (Å²) in [6, 6.07) is 29.9. The maximum Gasteiger partial charge on any atom is 0.207 e. The van der Waals surface area contributed by atoms with Gasteiger partial charge in [0.05, 0.1) is 17.4 Å². The fraction of sp³-hybridized carbons (Fsp3) is 0.172. The number of fused-ring (bicyclic) bond motifs is 1. The molecule has 2 aliphatic rings. The monoisotopic (exact) mass is 525 g/mol. The number of hydrogen-bond donors (Lipinski definition) is 0. The summed E-state index contributed by atoms with van der Waals surface area (Å²) in [7, 11) is 0. The highest BCUT2D eigenvalue weighted by Crippen LogP contribution is 2.47. The maximum absolute atomic E-state index is 5.26. The summed E-state index contributed by atoms with van der Waals surface area (Å²) in [5.41, 5.74) is 7.24. The summed E-state index contributed by atoms with van der Waals surface area (Å²) in [5, 5.41) is 10.5. The lowest BCUT2D eigenvalue weighted by molar-refractivity contribution is 0.487. The van der Waals surface area contributed by atoms with E-state index in [0.29, 0.717) is 5.92 Å². The van der Waals surface area contributed by atoms with Gasteiger partial charge in [0.15, 0.2) is 0 Å². The average molecular weight is 527 g/mol. The molecule has 3 nitrogen and oxygen atoms in total. The van der Waals surface area contributed by atoms with Gasteiger partial charge < -0.3 is 0 Å². The SMILES string of the molecule is Brc1ccc(-c2csc(N3N=C4/C(=C/c5ccccc5)CCC[C@@H]4[C@@H]3c3ccccc3)n2)cc1. The van der Waals surface area contributed by atoms with Gasteiger partial charge in [-0.15, -0.1) is 11.3 Å². The van der Waals surface area contributed by atoms with Crippen LogP contribution in [-0.2, 0) is 0 Å². The number of halogens is 1. The average Bonchev–Trinajstić information content (AvgIpc) is 3.51. The Morgan fingerprint density at radius 3 is 2.41 bits per heavy atom. The maximum atomic E-state index is 5.26. The highest BCUT2D eigenvalue weighted by molar-refractivity contribution is 9.10. The molecule has 1 aliphatic heterocycles. The Bertz CT molecular complexity index is 1340. The molecule has 0 spiro atoms. The number of rotatable bonds is 4. The first kappa shape index (κ1) is 21.5. The van der Waals surface area contributed by atoms with Crippen LogP contribution in [0.25, 0.3) is 17.3 Å². The van der Waals surface area contributed by atoms with Crippen molar-refractivity contribution in [3.8, 4) is 11.3 Å². The van der Waals surface area contributed by atoms with Crippen LogP contribution < -0.4 is 5.01 Å². The van der Waals surface area contributed by atoms with E-state index in [9.17, 15) is 0 Å². The van der Waals surface area contributed by atoms with Gasteiger partial charge in [-0.1, -0.05) is 88.7 Å². The number of hydrogen-bond acceptors (Lipinski definition) is 4. The Labute approximate surface area is 212 Å². The van der Waals surface area contributed by atoms with Crippen molar-refractivity contribution in [1.82, 2.24) is 4.98 Å². The summed E-state index contributed by atoms with van der Waals surface area (Å²) >= 11 is 5.20. The molecule has 6 rings (SSSR count). The molecule has 0 N–H and O–H groups in total. The van der Waals surface area contributed by atoms with E-state index in [1.807, 2.05) is 0 Å². The minimum absolute atomic E-state index is 0.166. The van der Waals surface area contributed by atoms with Crippen molar-refractivity contribution < 1.29 is 0 Å². The van der Waals surface area contributed by atoms with Crippen molar-refractivity contribution >= 4 is 44.2 Å². The van der Waals surface area contributed by atoms with Crippen LogP contribution in [0.1, 0.15) is 36.4 Å². The van der Waals surface area contributed by atoms with Crippen molar-refractivity contribution in [2.75, 3.05) is 5.01 Å². The molecule has 3 aromatic carbocycles. The van der Waals surface area contributed by atoms with Crippen molar-refractivity contribution in [3.63, 3.8) is 0 Å². The van der Waals surface area contributed by atoms with E-state index >= 15 is 0 Å². The zero-order chi connectivity index (χ0) is 22.9. The molecule has 1 aliphatic carbocycles. The summed E-state index contributed by atoms with van der Waals surface area (Å²) in [4.78, 5) is 5.04. The predicted octanol–water partition coefficient (Wildman–Crippen LogP) is 8.37. The Balaban J connectivity index is 1.42. The number of aromatic nitrogens is 1. The van der Waals surface area contributed by atoms with E-state index in [1.54, 1.807) is 11.3 Å². The number of thiazole rings is 1. The molecule has 0 bridgehead atoms. The molecule has 34 heavy (non-hydrogen) atoms. The van der Waals surface area contributed by atoms with E-state index in [0.717, 1.165) is 33.7 Å². The van der Waals surface area contributed by atoms with Crippen LogP contribution in [0.5, 0.6) is 0 Å². The minimum atomic E-state index is 0.166. The smallest absolute Gasteiger partial charge is 0.207 e. The number of allylic oxidation sites excluding steroid dienone is 1. The molecule has 5 heteroatoms. The Morgan fingerprint density at radius 2 is 1.65 bits per heavy atom. The van der Waals surface area contributed by atoms with Crippen molar-refractivity contribution in [1.29, 1.82) is 0 Å². The minimum Gasteiger partial charge on any atom is -0.231 e. The molecule has 1 saturated carbocycles. The van der Waals surface area contributed by atoms with Crippen molar-refractivity contribution in [2.45, 2.75) is 25.3 Å². The van der Waals surface area contributed by atoms with Crippen LogP contribution in [0.3, 0.4) is 0 Å². The topological polar surface area (TPSA) is 28.5 Å². The van der Waals surface area contributed by atoms with E-state index in [-0.39, 0.29) is 6.04 Å². The van der Waals surface area contributed by atoms with Crippen LogP contribution in [0.2, 0.25) is 0 Å². The highest BCUT2D eigenvalue weighted by Gasteiger charge is 2.42. The Morgan fingerprint density at radius 1 is 0.912 bits per heavy atom. The summed E-state index contributed by atoms with van der Waals surface area (Å²) < 4.78 is 1.07. The third-order valence-corrected chi connectivity index (χ3v) is 7.97. The lowest BCUT2D eigenvalue weighted by Crippen LogP contribution is -2.28. The Hall–Kier alpha value is -3.02. The van der Waals surface area contributed by atoms with E-state index in [1.165, 1.54) is 28.8 Å². The van der Waals surface area contributed by atoms with Gasteiger partial charge in [-0.2, -0.15) is 5.10 Å². The normalized spacial score (nSPS) is 20.9. The summed E-state index contributed by atoms with van der Waals surface area (Å²) in [5.74, 6) is 0.367. The van der Waals surface area contributed by atoms with Gasteiger partial charge in [0, 0.05) is 21.3 Å². The van der Waals surface area contributed by atoms with Gasteiger partial charge in [-0.25, -0.2) is 9.99 Å². The highest BCUT2D eigenvalue weighted by atomic mass is 79.9. The number of benzene rings is 3. The molecule has 0 amide bonds. The fourth-order valence-corrected chi connectivity index (χ4v) is 6.10. The van der Waals surface area contributed by atoms with Crippen LogP contribution in [0.4, 0.5) is 5.13 Å². The summed E-state index contributed by atoms with van der Waals surface area (Å²) in [6.45, 7) is 0. The van der Waals surface area contributed by atoms with Gasteiger partial charge in [0.1, 0.15) is 0 Å². The quantitative estimate of drug-likeness (QED) is 0.267. The molecule has 1 aromatic heterocycles. The van der Waals surface area contributed by atoms with Gasteiger partial charge in [0.2, 0.25) is 5.13 Å². The second-order valence-electron chi connectivity index (χ2n) is 8.79. The van der Waals surface area contributed by atoms with Gasteiger partial charge in [-0.3, -0.25) is 0 Å². The van der Waals surface area contributed by atoms with Gasteiger partial charge in [0.25, 0.3) is 0 Å². The van der Waals surface area contributed by atoms with Crippen molar-refractivity contribution in [2.24, 2.45) is 11.0 Å². The largest absolute Gasteiger partial charge is 0.231 e. The zero-order valence-electron chi connectivity index (χ0n) is 18.6. The van der Waals surface area contributed by atoms with E-state index in [2.05, 4.69) is 117 Å². The lowest BCUT2D eigenvalue weighted by atomic mass is 9.77. The second-order valence-corrected chi connectivity index (χ2v) is 10.5. The first-order valence-corrected chi connectivity index (χ1v) is 13.3. The Kier molecular flexibility index (Phi) is 5.90. The molecule has 168 valence electrons. The van der Waals surface area contributed by atoms with Crippen LogP contribution in [-0.4, -0.2) is 10.7 Å². The first-order valence-electron chi connectivity index (χ1n) is 11.7. The molecule has 0 radical (unpaired) electrons. The number of nitrogens with zero attached hydrogens (tertiary/aromatic N) is 3. The van der Waals surface area contributed by atoms with Crippen LogP contribution >= 0.6 is 27.3 Å². The zero-order valence-corrected chi connectivity index (χ0v) is 21.0.